The van der Waals surface area contributed by atoms with Gasteiger partial charge in [0.2, 0.25) is 0 Å². The van der Waals surface area contributed by atoms with Crippen LogP contribution in [0.2, 0.25) is 0 Å². The summed E-state index contributed by atoms with van der Waals surface area (Å²) in [5, 5.41) is 3.00. The second-order valence-electron chi connectivity index (χ2n) is 10.2. The number of carbonyl (C=O) groups is 3. The molecule has 0 bridgehead atoms. The van der Waals surface area contributed by atoms with E-state index in [4.69, 9.17) is 4.74 Å². The number of hydrogen-bond acceptors (Lipinski definition) is 5. The van der Waals surface area contributed by atoms with E-state index in [0.29, 0.717) is 23.4 Å². The van der Waals surface area contributed by atoms with Crippen LogP contribution < -0.4 is 5.32 Å². The first-order valence-electron chi connectivity index (χ1n) is 13.1. The molecule has 1 aromatic carbocycles. The van der Waals surface area contributed by atoms with Crippen LogP contribution in [0.15, 0.2) is 36.4 Å². The first kappa shape index (κ1) is 27.8. The molecule has 0 spiro atoms. The minimum Gasteiger partial charge on any atom is -0.462 e. The molecule has 0 aliphatic heterocycles. The monoisotopic (exact) mass is 469 g/mol. The zero-order valence-electron chi connectivity index (χ0n) is 21.4. The predicted octanol–water partition coefficient (Wildman–Crippen LogP) is 7.06. The number of anilines is 1. The van der Waals surface area contributed by atoms with Gasteiger partial charge in [0.05, 0.1) is 12.2 Å². The summed E-state index contributed by atoms with van der Waals surface area (Å²) >= 11 is 0. The molecule has 188 valence electrons. The Hall–Kier alpha value is -2.43. The Morgan fingerprint density at radius 1 is 0.941 bits per heavy atom. The summed E-state index contributed by atoms with van der Waals surface area (Å²) < 4.78 is 5.39. The Bertz CT molecular complexity index is 825. The topological polar surface area (TPSA) is 72.5 Å². The van der Waals surface area contributed by atoms with Crippen molar-refractivity contribution in [3.63, 3.8) is 0 Å². The van der Waals surface area contributed by atoms with Crippen LogP contribution in [0.1, 0.15) is 108 Å². The molecule has 34 heavy (non-hydrogen) atoms. The van der Waals surface area contributed by atoms with Gasteiger partial charge < -0.3 is 10.1 Å². The number of rotatable bonds is 15. The van der Waals surface area contributed by atoms with Crippen LogP contribution in [0.3, 0.4) is 0 Å². The smallest absolute Gasteiger partial charge is 0.338 e. The fourth-order valence-electron chi connectivity index (χ4n) is 4.33. The second-order valence-corrected chi connectivity index (χ2v) is 10.2. The average Bonchev–Trinajstić information content (AvgIpc) is 2.81. The molecule has 2 rings (SSSR count). The molecule has 0 aromatic heterocycles. The Morgan fingerprint density at radius 3 is 2.03 bits per heavy atom. The lowest BCUT2D eigenvalue weighted by molar-refractivity contribution is -0.130. The number of unbranched alkanes of at least 4 members (excludes halogenated alkanes) is 10. The summed E-state index contributed by atoms with van der Waals surface area (Å²) in [6.07, 6.45) is 14.1. The fraction of sp³-hybridized carbons (Fsp3) is 0.621. The Labute approximate surface area is 205 Å². The SMILES string of the molecule is C=C1C(=O)C(Nc2ccc(C(=O)OCCCCCCCCCCCCC)cc2)C(=O)CC1(C)C. The van der Waals surface area contributed by atoms with Gasteiger partial charge in [0.25, 0.3) is 0 Å². The third-order valence-electron chi connectivity index (χ3n) is 6.73. The molecule has 1 unspecified atom stereocenters. The van der Waals surface area contributed by atoms with Gasteiger partial charge in [0.15, 0.2) is 11.6 Å². The van der Waals surface area contributed by atoms with E-state index in [2.05, 4.69) is 18.8 Å². The number of hydrogen-bond donors (Lipinski definition) is 1. The van der Waals surface area contributed by atoms with Gasteiger partial charge >= 0.3 is 5.97 Å². The maximum absolute atomic E-state index is 12.6. The second kappa shape index (κ2) is 14.1. The van der Waals surface area contributed by atoms with Crippen LogP contribution in [-0.4, -0.2) is 30.2 Å². The molecule has 1 aliphatic carbocycles. The van der Waals surface area contributed by atoms with Gasteiger partial charge in [-0.2, -0.15) is 0 Å². The molecule has 1 N–H and O–H groups in total. The van der Waals surface area contributed by atoms with E-state index in [1.165, 1.54) is 57.8 Å². The normalized spacial score (nSPS) is 17.6. The predicted molar refractivity (Wildman–Crippen MR) is 138 cm³/mol. The minimum absolute atomic E-state index is 0.141. The number of ether oxygens (including phenoxy) is 1. The molecule has 5 heteroatoms. The highest BCUT2D eigenvalue weighted by molar-refractivity contribution is 6.18. The highest BCUT2D eigenvalue weighted by atomic mass is 16.5. The van der Waals surface area contributed by atoms with Crippen LogP contribution in [-0.2, 0) is 14.3 Å². The standard InChI is InChI=1S/C29H43NO4/c1-5-6-7-8-9-10-11-12-13-14-15-20-34-28(33)23-16-18-24(19-17-23)30-26-25(31)21-29(3,4)22(2)27(26)32/h16-19,26,30H,2,5-15,20-21H2,1,3-4H3. The molecule has 1 aliphatic rings. The van der Waals surface area contributed by atoms with E-state index >= 15 is 0 Å². The molecule has 0 heterocycles. The highest BCUT2D eigenvalue weighted by Crippen LogP contribution is 2.36. The first-order chi connectivity index (χ1) is 16.3. The van der Waals surface area contributed by atoms with Crippen molar-refractivity contribution in [2.24, 2.45) is 5.41 Å². The summed E-state index contributed by atoms with van der Waals surface area (Å²) in [5.74, 6) is -0.756. The van der Waals surface area contributed by atoms with Gasteiger partial charge in [0.1, 0.15) is 6.04 Å². The lowest BCUT2D eigenvalue weighted by Gasteiger charge is -2.34. The number of nitrogens with one attached hydrogen (secondary N) is 1. The maximum Gasteiger partial charge on any atom is 0.338 e. The van der Waals surface area contributed by atoms with Crippen molar-refractivity contribution >= 4 is 23.2 Å². The summed E-state index contributed by atoms with van der Waals surface area (Å²) in [4.78, 5) is 37.3. The van der Waals surface area contributed by atoms with Gasteiger partial charge in [-0.15, -0.1) is 0 Å². The van der Waals surface area contributed by atoms with E-state index in [1.54, 1.807) is 24.3 Å². The van der Waals surface area contributed by atoms with E-state index < -0.39 is 11.5 Å². The fourth-order valence-corrected chi connectivity index (χ4v) is 4.33. The van der Waals surface area contributed by atoms with Gasteiger partial charge in [-0.1, -0.05) is 91.6 Å². The van der Waals surface area contributed by atoms with Crippen LogP contribution in [0.4, 0.5) is 5.69 Å². The quantitative estimate of drug-likeness (QED) is 0.129. The van der Waals surface area contributed by atoms with Crippen molar-refractivity contribution in [1.29, 1.82) is 0 Å². The molecule has 5 nitrogen and oxygen atoms in total. The van der Waals surface area contributed by atoms with Gasteiger partial charge in [-0.25, -0.2) is 4.79 Å². The van der Waals surface area contributed by atoms with Crippen molar-refractivity contribution in [2.75, 3.05) is 11.9 Å². The molecule has 0 saturated heterocycles. The van der Waals surface area contributed by atoms with Crippen molar-refractivity contribution < 1.29 is 19.1 Å². The van der Waals surface area contributed by atoms with Crippen LogP contribution >= 0.6 is 0 Å². The largest absolute Gasteiger partial charge is 0.462 e. The van der Waals surface area contributed by atoms with E-state index in [1.807, 2.05) is 13.8 Å². The molecule has 0 amide bonds. The molecule has 1 atom stereocenters. The number of ketones is 2. The molecule has 0 radical (unpaired) electrons. The number of carbonyl (C=O) groups excluding carboxylic acids is 3. The van der Waals surface area contributed by atoms with Crippen molar-refractivity contribution in [3.05, 3.63) is 42.0 Å². The van der Waals surface area contributed by atoms with Crippen molar-refractivity contribution in [3.8, 4) is 0 Å². The lowest BCUT2D eigenvalue weighted by atomic mass is 9.71. The van der Waals surface area contributed by atoms with Gasteiger partial charge in [-0.05, 0) is 41.7 Å². The molecular formula is C29H43NO4. The van der Waals surface area contributed by atoms with E-state index in [-0.39, 0.29) is 24.0 Å². The first-order valence-corrected chi connectivity index (χ1v) is 13.1. The van der Waals surface area contributed by atoms with E-state index in [9.17, 15) is 14.4 Å². The highest BCUT2D eigenvalue weighted by Gasteiger charge is 2.42. The average molecular weight is 470 g/mol. The third kappa shape index (κ3) is 8.73. The Kier molecular flexibility index (Phi) is 11.5. The summed E-state index contributed by atoms with van der Waals surface area (Å²) in [5.41, 5.74) is 1.03. The number of benzene rings is 1. The number of esters is 1. The van der Waals surface area contributed by atoms with E-state index in [0.717, 1.165) is 12.8 Å². The zero-order chi connectivity index (χ0) is 25.0. The Morgan fingerprint density at radius 2 is 1.47 bits per heavy atom. The Balaban J connectivity index is 1.64. The molecule has 1 aromatic rings. The van der Waals surface area contributed by atoms with Gasteiger partial charge in [-0.3, -0.25) is 9.59 Å². The third-order valence-corrected chi connectivity index (χ3v) is 6.73. The maximum atomic E-state index is 12.6. The van der Waals surface area contributed by atoms with Crippen LogP contribution in [0.25, 0.3) is 0 Å². The molecular weight excluding hydrogens is 426 g/mol. The summed E-state index contributed by atoms with van der Waals surface area (Å²) in [6, 6.07) is 5.78. The lowest BCUT2D eigenvalue weighted by Crippen LogP contribution is -2.47. The molecule has 1 fully saturated rings. The summed E-state index contributed by atoms with van der Waals surface area (Å²) in [7, 11) is 0. The van der Waals surface area contributed by atoms with Gasteiger partial charge in [0, 0.05) is 12.1 Å². The van der Waals surface area contributed by atoms with Crippen LogP contribution in [0, 0.1) is 5.41 Å². The van der Waals surface area contributed by atoms with Crippen molar-refractivity contribution in [1.82, 2.24) is 0 Å². The summed E-state index contributed by atoms with van der Waals surface area (Å²) in [6.45, 7) is 10.3. The van der Waals surface area contributed by atoms with Crippen molar-refractivity contribution in [2.45, 2.75) is 104 Å². The molecule has 1 saturated carbocycles. The van der Waals surface area contributed by atoms with Crippen LogP contribution in [0.5, 0.6) is 0 Å². The zero-order valence-corrected chi connectivity index (χ0v) is 21.4. The minimum atomic E-state index is -0.917. The number of Topliss-reactive ketones (excluding diaryl/α,β-unsaturated/α-hetero) is 2.